The number of allylic oxidation sites excluding steroid dienone is 4. The van der Waals surface area contributed by atoms with E-state index < -0.39 is 22.9 Å². The molecule has 0 aromatic carbocycles. The number of alkyl halides is 4. The van der Waals surface area contributed by atoms with Gasteiger partial charge in [0.15, 0.2) is 0 Å². The standard InChI is InChI=1S/C21H18Cl2F3NO3/c1-20(23)7-6-12(9-17(20)22)14-8-11-2-3-13(21(24,25)26)10-15(11)27(14)18-5-4-16(30-18)19(28)29/h4-6,8-9,13H,2-3,7,10H2,1H3,(H,28,29). The summed E-state index contributed by atoms with van der Waals surface area (Å²) in [6.45, 7) is 1.78. The first-order valence-electron chi connectivity index (χ1n) is 9.38. The normalized spacial score (nSPS) is 24.3. The molecule has 0 saturated heterocycles. The summed E-state index contributed by atoms with van der Waals surface area (Å²) in [6, 6.07) is 4.56. The monoisotopic (exact) mass is 459 g/mol. The van der Waals surface area contributed by atoms with Gasteiger partial charge in [-0.25, -0.2) is 4.79 Å². The van der Waals surface area contributed by atoms with Crippen LogP contribution >= 0.6 is 23.2 Å². The maximum absolute atomic E-state index is 13.4. The van der Waals surface area contributed by atoms with Crippen LogP contribution in [0.1, 0.15) is 47.3 Å². The van der Waals surface area contributed by atoms with Crippen LogP contribution in [0.15, 0.2) is 39.8 Å². The summed E-state index contributed by atoms with van der Waals surface area (Å²) in [6.07, 6.45) is -0.233. The quantitative estimate of drug-likeness (QED) is 0.544. The minimum atomic E-state index is -4.31. The van der Waals surface area contributed by atoms with Crippen molar-refractivity contribution in [3.63, 3.8) is 0 Å². The van der Waals surface area contributed by atoms with Crippen molar-refractivity contribution in [1.29, 1.82) is 0 Å². The van der Waals surface area contributed by atoms with Crippen LogP contribution in [0.25, 0.3) is 11.5 Å². The highest BCUT2D eigenvalue weighted by atomic mass is 35.5. The maximum Gasteiger partial charge on any atom is 0.392 e. The van der Waals surface area contributed by atoms with Gasteiger partial charge in [0.2, 0.25) is 11.6 Å². The predicted octanol–water partition coefficient (Wildman–Crippen LogP) is 6.34. The fraction of sp³-hybridized carbons (Fsp3) is 0.381. The highest BCUT2D eigenvalue weighted by Gasteiger charge is 2.43. The summed E-state index contributed by atoms with van der Waals surface area (Å²) in [5.74, 6) is -2.86. The number of hydrogen-bond acceptors (Lipinski definition) is 2. The van der Waals surface area contributed by atoms with Gasteiger partial charge in [0.1, 0.15) is 0 Å². The van der Waals surface area contributed by atoms with Crippen molar-refractivity contribution in [2.75, 3.05) is 0 Å². The summed E-state index contributed by atoms with van der Waals surface area (Å²) in [4.78, 5) is 10.5. The van der Waals surface area contributed by atoms with Crippen molar-refractivity contribution in [3.8, 4) is 5.88 Å². The number of nitrogens with zero attached hydrogens (tertiary/aromatic N) is 1. The molecular weight excluding hydrogens is 442 g/mol. The lowest BCUT2D eigenvalue weighted by molar-refractivity contribution is -0.177. The Labute approximate surface area is 180 Å². The maximum atomic E-state index is 13.4. The van der Waals surface area contributed by atoms with Crippen molar-refractivity contribution < 1.29 is 27.5 Å². The van der Waals surface area contributed by atoms with Crippen molar-refractivity contribution in [1.82, 2.24) is 4.57 Å². The largest absolute Gasteiger partial charge is 0.475 e. The van der Waals surface area contributed by atoms with Crippen molar-refractivity contribution in [3.05, 3.63) is 58.1 Å². The first-order chi connectivity index (χ1) is 14.0. The molecule has 2 unspecified atom stereocenters. The third-order valence-electron chi connectivity index (χ3n) is 5.66. The van der Waals surface area contributed by atoms with E-state index in [2.05, 4.69) is 0 Å². The number of halogens is 5. The lowest BCUT2D eigenvalue weighted by atomic mass is 9.87. The Hall–Kier alpha value is -2.12. The van der Waals surface area contributed by atoms with Crippen LogP contribution in [0.3, 0.4) is 0 Å². The first-order valence-corrected chi connectivity index (χ1v) is 10.1. The molecule has 1 N–H and O–H groups in total. The number of carbonyl (C=O) groups is 1. The van der Waals surface area contributed by atoms with Crippen molar-refractivity contribution >= 4 is 34.7 Å². The molecule has 4 nitrogen and oxygen atoms in total. The van der Waals surface area contributed by atoms with E-state index in [1.54, 1.807) is 17.6 Å². The fourth-order valence-electron chi connectivity index (χ4n) is 3.94. The van der Waals surface area contributed by atoms with Crippen LogP contribution in [0.5, 0.6) is 0 Å². The molecule has 0 fully saturated rings. The number of rotatable bonds is 3. The van der Waals surface area contributed by atoms with Crippen molar-refractivity contribution in [2.24, 2.45) is 5.92 Å². The molecule has 2 atom stereocenters. The molecule has 2 aliphatic rings. The smallest absolute Gasteiger partial charge is 0.392 e. The second-order valence-corrected chi connectivity index (χ2v) is 9.06. The Balaban J connectivity index is 1.86. The fourth-order valence-corrected chi connectivity index (χ4v) is 4.26. The van der Waals surface area contributed by atoms with E-state index in [1.807, 2.05) is 12.1 Å². The SMILES string of the molecule is CC1(Cl)CC=C(c2cc3c(n2-c2ccc(C(=O)O)o2)CC(C(F)(F)F)CC3)C=C1Cl. The van der Waals surface area contributed by atoms with Crippen molar-refractivity contribution in [2.45, 2.75) is 43.7 Å². The number of aromatic nitrogens is 1. The van der Waals surface area contributed by atoms with Gasteiger partial charge >= 0.3 is 12.1 Å². The lowest BCUT2D eigenvalue weighted by Gasteiger charge is -2.26. The third-order valence-corrected chi connectivity index (χ3v) is 6.64. The molecule has 2 aromatic heterocycles. The molecule has 160 valence electrons. The van der Waals surface area contributed by atoms with E-state index >= 15 is 0 Å². The summed E-state index contributed by atoms with van der Waals surface area (Å²) < 4.78 is 47.3. The summed E-state index contributed by atoms with van der Waals surface area (Å²) in [5.41, 5.74) is 2.54. The van der Waals surface area contributed by atoms with E-state index in [1.165, 1.54) is 12.1 Å². The highest BCUT2D eigenvalue weighted by molar-refractivity contribution is 6.40. The van der Waals surface area contributed by atoms with E-state index in [-0.39, 0.29) is 30.9 Å². The number of hydrogen-bond donors (Lipinski definition) is 1. The van der Waals surface area contributed by atoms with Gasteiger partial charge in [-0.05, 0) is 62.0 Å². The van der Waals surface area contributed by atoms with Gasteiger partial charge in [0.25, 0.3) is 0 Å². The zero-order chi connectivity index (χ0) is 21.8. The van der Waals surface area contributed by atoms with Gasteiger partial charge in [0, 0.05) is 16.8 Å². The summed E-state index contributed by atoms with van der Waals surface area (Å²) in [5, 5.41) is 9.61. The van der Waals surface area contributed by atoms with Gasteiger partial charge in [0.05, 0.1) is 16.5 Å². The molecule has 30 heavy (non-hydrogen) atoms. The number of furan rings is 1. The minimum Gasteiger partial charge on any atom is -0.475 e. The Kier molecular flexibility index (Phi) is 5.10. The van der Waals surface area contributed by atoms with Crippen LogP contribution in [-0.4, -0.2) is 26.7 Å². The van der Waals surface area contributed by atoms with Gasteiger partial charge in [-0.1, -0.05) is 17.7 Å². The molecule has 2 aliphatic carbocycles. The molecular formula is C21H18Cl2F3NO3. The van der Waals surface area contributed by atoms with E-state index in [9.17, 15) is 23.1 Å². The minimum absolute atomic E-state index is 0.00782. The molecule has 0 aliphatic heterocycles. The topological polar surface area (TPSA) is 55.4 Å². The highest BCUT2D eigenvalue weighted by Crippen LogP contribution is 2.43. The molecule has 4 rings (SSSR count). The van der Waals surface area contributed by atoms with Crippen LogP contribution in [0, 0.1) is 5.92 Å². The van der Waals surface area contributed by atoms with Gasteiger partial charge in [-0.2, -0.15) is 13.2 Å². The summed E-state index contributed by atoms with van der Waals surface area (Å²) in [7, 11) is 0. The van der Waals surface area contributed by atoms with Gasteiger partial charge < -0.3 is 9.52 Å². The van der Waals surface area contributed by atoms with E-state index in [4.69, 9.17) is 27.6 Å². The molecule has 0 amide bonds. The molecule has 0 saturated carbocycles. The lowest BCUT2D eigenvalue weighted by Crippen LogP contribution is -2.29. The second kappa shape index (κ2) is 7.24. The Morgan fingerprint density at radius 2 is 2.10 bits per heavy atom. The third kappa shape index (κ3) is 3.69. The zero-order valence-electron chi connectivity index (χ0n) is 15.9. The van der Waals surface area contributed by atoms with Gasteiger partial charge in [-0.15, -0.1) is 11.6 Å². The van der Waals surface area contributed by atoms with Crippen LogP contribution in [0.2, 0.25) is 0 Å². The Morgan fingerprint density at radius 1 is 1.37 bits per heavy atom. The summed E-state index contributed by atoms with van der Waals surface area (Å²) >= 11 is 12.7. The predicted molar refractivity (Wildman–Crippen MR) is 107 cm³/mol. The number of aromatic carboxylic acids is 1. The average Bonchev–Trinajstić information content (AvgIpc) is 3.27. The van der Waals surface area contributed by atoms with E-state index in [0.717, 1.165) is 5.56 Å². The van der Waals surface area contributed by atoms with Crippen LogP contribution in [-0.2, 0) is 12.8 Å². The second-order valence-electron chi connectivity index (χ2n) is 7.81. The van der Waals surface area contributed by atoms with Gasteiger partial charge in [-0.3, -0.25) is 4.57 Å². The number of fused-ring (bicyclic) bond motifs is 1. The molecule has 0 bridgehead atoms. The van der Waals surface area contributed by atoms with E-state index in [0.29, 0.717) is 28.4 Å². The number of carboxylic acid groups (broad SMARTS) is 1. The zero-order valence-corrected chi connectivity index (χ0v) is 17.4. The number of aryl methyl sites for hydroxylation is 1. The Morgan fingerprint density at radius 3 is 2.70 bits per heavy atom. The number of carboxylic acids is 1. The molecule has 2 heterocycles. The van der Waals surface area contributed by atoms with Crippen LogP contribution in [0.4, 0.5) is 13.2 Å². The molecule has 2 aromatic rings. The molecule has 0 radical (unpaired) electrons. The Bertz CT molecular complexity index is 1080. The molecule has 0 spiro atoms. The molecule has 9 heteroatoms. The van der Waals surface area contributed by atoms with Crippen LogP contribution < -0.4 is 0 Å². The average molecular weight is 460 g/mol. The first kappa shape index (κ1) is 21.1.